The monoisotopic (exact) mass is 245 g/mol. The molecular formula is C15H23N3. The van der Waals surface area contributed by atoms with Crippen molar-refractivity contribution in [2.75, 3.05) is 18.8 Å². The Morgan fingerprint density at radius 2 is 2.11 bits per heavy atom. The Bertz CT molecular complexity index is 387. The first-order valence-electron chi connectivity index (χ1n) is 7.27. The number of piperidine rings is 1. The molecule has 2 N–H and O–H groups in total. The van der Waals surface area contributed by atoms with Crippen LogP contribution in [0.25, 0.3) is 0 Å². The van der Waals surface area contributed by atoms with E-state index >= 15 is 0 Å². The van der Waals surface area contributed by atoms with Crippen molar-refractivity contribution in [3.8, 4) is 0 Å². The summed E-state index contributed by atoms with van der Waals surface area (Å²) in [7, 11) is 0. The standard InChI is InChI=1S/C15H23N3/c16-13-6-7-14(17-11-13)8-10-18-9-2-4-12-3-1-5-15(12)18/h6-7,11-12,15H,1-5,8-10,16H2. The van der Waals surface area contributed by atoms with Crippen LogP contribution in [0, 0.1) is 5.92 Å². The van der Waals surface area contributed by atoms with Crippen molar-refractivity contribution in [3.05, 3.63) is 24.0 Å². The summed E-state index contributed by atoms with van der Waals surface area (Å²) in [6.45, 7) is 2.45. The van der Waals surface area contributed by atoms with Crippen molar-refractivity contribution in [2.24, 2.45) is 5.92 Å². The molecule has 0 amide bonds. The molecule has 1 aliphatic carbocycles. The smallest absolute Gasteiger partial charge is 0.0501 e. The zero-order valence-corrected chi connectivity index (χ0v) is 11.0. The van der Waals surface area contributed by atoms with Gasteiger partial charge in [0, 0.05) is 24.7 Å². The van der Waals surface area contributed by atoms with Gasteiger partial charge in [-0.25, -0.2) is 0 Å². The zero-order valence-electron chi connectivity index (χ0n) is 11.0. The van der Waals surface area contributed by atoms with Gasteiger partial charge in [-0.2, -0.15) is 0 Å². The lowest BCUT2D eigenvalue weighted by Gasteiger charge is -2.37. The average molecular weight is 245 g/mol. The minimum absolute atomic E-state index is 0.757. The van der Waals surface area contributed by atoms with Gasteiger partial charge in [-0.15, -0.1) is 0 Å². The van der Waals surface area contributed by atoms with Crippen LogP contribution in [0.1, 0.15) is 37.8 Å². The minimum Gasteiger partial charge on any atom is -0.397 e. The molecule has 1 saturated carbocycles. The number of likely N-dealkylation sites (tertiary alicyclic amines) is 1. The average Bonchev–Trinajstić information content (AvgIpc) is 2.87. The Morgan fingerprint density at radius 3 is 2.94 bits per heavy atom. The van der Waals surface area contributed by atoms with Crippen molar-refractivity contribution in [3.63, 3.8) is 0 Å². The van der Waals surface area contributed by atoms with Gasteiger partial charge < -0.3 is 5.73 Å². The van der Waals surface area contributed by atoms with E-state index in [2.05, 4.69) is 16.0 Å². The lowest BCUT2D eigenvalue weighted by molar-refractivity contribution is 0.114. The molecule has 2 unspecified atom stereocenters. The first-order chi connectivity index (χ1) is 8.83. The highest BCUT2D eigenvalue weighted by Crippen LogP contribution is 2.36. The van der Waals surface area contributed by atoms with Crippen molar-refractivity contribution in [1.29, 1.82) is 0 Å². The van der Waals surface area contributed by atoms with Crippen LogP contribution in [0.4, 0.5) is 5.69 Å². The van der Waals surface area contributed by atoms with Gasteiger partial charge in [0.25, 0.3) is 0 Å². The van der Waals surface area contributed by atoms with Crippen LogP contribution >= 0.6 is 0 Å². The lowest BCUT2D eigenvalue weighted by atomic mass is 9.92. The molecule has 2 aliphatic rings. The maximum absolute atomic E-state index is 5.66. The second-order valence-electron chi connectivity index (χ2n) is 5.77. The number of nitrogens with zero attached hydrogens (tertiary/aromatic N) is 2. The van der Waals surface area contributed by atoms with Gasteiger partial charge >= 0.3 is 0 Å². The topological polar surface area (TPSA) is 42.1 Å². The largest absolute Gasteiger partial charge is 0.397 e. The Balaban J connectivity index is 1.57. The highest BCUT2D eigenvalue weighted by molar-refractivity contribution is 5.34. The zero-order chi connectivity index (χ0) is 12.4. The molecule has 3 heteroatoms. The fourth-order valence-corrected chi connectivity index (χ4v) is 3.68. The molecule has 18 heavy (non-hydrogen) atoms. The van der Waals surface area contributed by atoms with Crippen LogP contribution in [0.2, 0.25) is 0 Å². The van der Waals surface area contributed by atoms with Crippen LogP contribution in [0.5, 0.6) is 0 Å². The number of fused-ring (bicyclic) bond motifs is 1. The van der Waals surface area contributed by atoms with Gasteiger partial charge in [-0.3, -0.25) is 9.88 Å². The summed E-state index contributed by atoms with van der Waals surface area (Å²) in [5.74, 6) is 0.984. The van der Waals surface area contributed by atoms with Gasteiger partial charge in [0.15, 0.2) is 0 Å². The summed E-state index contributed by atoms with van der Waals surface area (Å²) >= 11 is 0. The molecule has 0 aromatic carbocycles. The predicted molar refractivity (Wildman–Crippen MR) is 74.3 cm³/mol. The maximum atomic E-state index is 5.66. The number of aromatic nitrogens is 1. The van der Waals surface area contributed by atoms with Gasteiger partial charge in [-0.05, 0) is 50.3 Å². The van der Waals surface area contributed by atoms with Gasteiger partial charge in [0.2, 0.25) is 0 Å². The van der Waals surface area contributed by atoms with Crippen LogP contribution in [-0.2, 0) is 6.42 Å². The Kier molecular flexibility index (Phi) is 3.50. The molecule has 1 aromatic rings. The number of hydrogen-bond donors (Lipinski definition) is 1. The van der Waals surface area contributed by atoms with Crippen LogP contribution in [-0.4, -0.2) is 29.0 Å². The van der Waals surface area contributed by atoms with E-state index in [-0.39, 0.29) is 0 Å². The summed E-state index contributed by atoms with van der Waals surface area (Å²) in [6, 6.07) is 4.88. The fraction of sp³-hybridized carbons (Fsp3) is 0.667. The molecule has 0 bridgehead atoms. The molecule has 3 nitrogen and oxygen atoms in total. The molecule has 2 fully saturated rings. The van der Waals surface area contributed by atoms with E-state index in [0.29, 0.717) is 0 Å². The van der Waals surface area contributed by atoms with Crippen LogP contribution in [0.3, 0.4) is 0 Å². The van der Waals surface area contributed by atoms with E-state index in [1.807, 2.05) is 6.07 Å². The fourth-order valence-electron chi connectivity index (χ4n) is 3.68. The third-order valence-corrected chi connectivity index (χ3v) is 4.61. The molecule has 1 aliphatic heterocycles. The maximum Gasteiger partial charge on any atom is 0.0501 e. The third-order valence-electron chi connectivity index (χ3n) is 4.61. The van der Waals surface area contributed by atoms with Crippen molar-refractivity contribution in [2.45, 2.75) is 44.6 Å². The highest BCUT2D eigenvalue weighted by Gasteiger charge is 2.34. The van der Waals surface area contributed by atoms with Crippen molar-refractivity contribution in [1.82, 2.24) is 9.88 Å². The van der Waals surface area contributed by atoms with Crippen LogP contribution < -0.4 is 5.73 Å². The summed E-state index contributed by atoms with van der Waals surface area (Å²) in [6.07, 6.45) is 9.98. The molecular weight excluding hydrogens is 222 g/mol. The SMILES string of the molecule is Nc1ccc(CCN2CCCC3CCCC32)nc1. The first-order valence-corrected chi connectivity index (χ1v) is 7.27. The van der Waals surface area contributed by atoms with Gasteiger partial charge in [-0.1, -0.05) is 6.42 Å². The Morgan fingerprint density at radius 1 is 1.22 bits per heavy atom. The number of rotatable bonds is 3. The summed E-state index contributed by atoms with van der Waals surface area (Å²) in [5, 5.41) is 0. The molecule has 98 valence electrons. The number of anilines is 1. The number of hydrogen-bond acceptors (Lipinski definition) is 3. The van der Waals surface area contributed by atoms with Gasteiger partial charge in [0.05, 0.1) is 11.9 Å². The van der Waals surface area contributed by atoms with E-state index in [0.717, 1.165) is 30.6 Å². The van der Waals surface area contributed by atoms with Crippen molar-refractivity contribution >= 4 is 5.69 Å². The van der Waals surface area contributed by atoms with Crippen molar-refractivity contribution < 1.29 is 0 Å². The molecule has 0 radical (unpaired) electrons. The Hall–Kier alpha value is -1.09. The number of nitrogens with two attached hydrogens (primary N) is 1. The van der Waals surface area contributed by atoms with E-state index in [4.69, 9.17) is 5.73 Å². The molecule has 2 atom stereocenters. The lowest BCUT2D eigenvalue weighted by Crippen LogP contribution is -2.43. The van der Waals surface area contributed by atoms with E-state index in [9.17, 15) is 0 Å². The summed E-state index contributed by atoms with van der Waals surface area (Å²) in [4.78, 5) is 7.10. The predicted octanol–water partition coefficient (Wildman–Crippen LogP) is 2.47. The van der Waals surface area contributed by atoms with Gasteiger partial charge in [0.1, 0.15) is 0 Å². The first kappa shape index (κ1) is 12.0. The van der Waals surface area contributed by atoms with E-state index in [1.165, 1.54) is 44.3 Å². The summed E-state index contributed by atoms with van der Waals surface area (Å²) < 4.78 is 0. The quantitative estimate of drug-likeness (QED) is 0.889. The molecule has 0 spiro atoms. The molecule has 2 heterocycles. The van der Waals surface area contributed by atoms with E-state index < -0.39 is 0 Å². The minimum atomic E-state index is 0.757. The second kappa shape index (κ2) is 5.27. The third kappa shape index (κ3) is 2.51. The number of nitrogen functional groups attached to an aromatic ring is 1. The summed E-state index contributed by atoms with van der Waals surface area (Å²) in [5.41, 5.74) is 7.59. The normalized spacial score (nSPS) is 28.2. The second-order valence-corrected chi connectivity index (χ2v) is 5.77. The molecule has 3 rings (SSSR count). The van der Waals surface area contributed by atoms with Crippen LogP contribution in [0.15, 0.2) is 18.3 Å². The molecule has 1 aromatic heterocycles. The number of pyridine rings is 1. The van der Waals surface area contributed by atoms with E-state index in [1.54, 1.807) is 6.20 Å². The Labute approximate surface area is 109 Å². The highest BCUT2D eigenvalue weighted by atomic mass is 15.2. The molecule has 1 saturated heterocycles.